The zero-order chi connectivity index (χ0) is 19.7. The molecular formula is C23H20N2O3. The maximum Gasteiger partial charge on any atom is 0.338 e. The third kappa shape index (κ3) is 3.34. The molecule has 0 saturated carbocycles. The minimum Gasteiger partial charge on any atom is -0.508 e. The van der Waals surface area contributed by atoms with Crippen molar-refractivity contribution in [3.05, 3.63) is 78.4 Å². The Morgan fingerprint density at radius 3 is 2.32 bits per heavy atom. The molecule has 4 aromatic rings. The highest BCUT2D eigenvalue weighted by atomic mass is 16.5. The third-order valence-electron chi connectivity index (χ3n) is 4.39. The number of para-hydroxylation sites is 2. The van der Waals surface area contributed by atoms with Crippen LogP contribution in [0.25, 0.3) is 28.1 Å². The molecule has 0 aliphatic carbocycles. The summed E-state index contributed by atoms with van der Waals surface area (Å²) in [5, 5.41) is 9.63. The highest BCUT2D eigenvalue weighted by molar-refractivity contribution is 5.90. The third-order valence-corrected chi connectivity index (χ3v) is 4.39. The smallest absolute Gasteiger partial charge is 0.338 e. The Hall–Kier alpha value is -3.60. The number of aromatic hydroxyl groups is 1. The second-order valence-corrected chi connectivity index (χ2v) is 6.81. The Bertz CT molecular complexity index is 1130. The van der Waals surface area contributed by atoms with E-state index >= 15 is 0 Å². The number of esters is 1. The Labute approximate surface area is 162 Å². The van der Waals surface area contributed by atoms with Crippen LogP contribution in [0.1, 0.15) is 24.2 Å². The van der Waals surface area contributed by atoms with Gasteiger partial charge in [-0.05, 0) is 62.4 Å². The van der Waals surface area contributed by atoms with E-state index in [-0.39, 0.29) is 17.8 Å². The largest absolute Gasteiger partial charge is 0.508 e. The van der Waals surface area contributed by atoms with E-state index in [0.717, 1.165) is 28.1 Å². The number of phenols is 1. The number of aromatic nitrogens is 2. The van der Waals surface area contributed by atoms with Gasteiger partial charge in [0.1, 0.15) is 11.6 Å². The van der Waals surface area contributed by atoms with Crippen LogP contribution in [0.4, 0.5) is 0 Å². The second-order valence-electron chi connectivity index (χ2n) is 6.81. The van der Waals surface area contributed by atoms with Gasteiger partial charge in [0, 0.05) is 11.3 Å². The maximum absolute atomic E-state index is 12.1. The van der Waals surface area contributed by atoms with Gasteiger partial charge in [0.05, 0.1) is 22.7 Å². The molecule has 0 amide bonds. The molecule has 0 aliphatic rings. The van der Waals surface area contributed by atoms with Crippen LogP contribution in [0.3, 0.4) is 0 Å². The Morgan fingerprint density at radius 2 is 1.64 bits per heavy atom. The lowest BCUT2D eigenvalue weighted by Crippen LogP contribution is -2.11. The molecule has 5 nitrogen and oxygen atoms in total. The molecule has 0 fully saturated rings. The number of carbonyl (C=O) groups is 1. The fourth-order valence-corrected chi connectivity index (χ4v) is 3.12. The van der Waals surface area contributed by atoms with Gasteiger partial charge in [-0.2, -0.15) is 0 Å². The van der Waals surface area contributed by atoms with Crippen molar-refractivity contribution < 1.29 is 14.6 Å². The maximum atomic E-state index is 12.1. The molecule has 0 atom stereocenters. The minimum atomic E-state index is -0.339. The molecule has 5 heteroatoms. The minimum absolute atomic E-state index is 0.161. The van der Waals surface area contributed by atoms with Gasteiger partial charge in [0.2, 0.25) is 0 Å². The van der Waals surface area contributed by atoms with E-state index in [2.05, 4.69) is 0 Å². The first-order chi connectivity index (χ1) is 13.5. The molecular weight excluding hydrogens is 352 g/mol. The van der Waals surface area contributed by atoms with Crippen molar-refractivity contribution in [3.8, 4) is 22.8 Å². The Balaban J connectivity index is 1.81. The number of benzene rings is 3. The highest BCUT2D eigenvalue weighted by Crippen LogP contribution is 2.29. The predicted molar refractivity (Wildman–Crippen MR) is 109 cm³/mol. The number of hydrogen-bond acceptors (Lipinski definition) is 4. The summed E-state index contributed by atoms with van der Waals surface area (Å²) in [7, 11) is 0. The molecule has 28 heavy (non-hydrogen) atoms. The van der Waals surface area contributed by atoms with Crippen LogP contribution < -0.4 is 0 Å². The molecule has 0 saturated heterocycles. The summed E-state index contributed by atoms with van der Waals surface area (Å²) in [5.41, 5.74) is 4.11. The monoisotopic (exact) mass is 372 g/mol. The van der Waals surface area contributed by atoms with Crippen molar-refractivity contribution in [2.75, 3.05) is 0 Å². The topological polar surface area (TPSA) is 64.3 Å². The van der Waals surface area contributed by atoms with Gasteiger partial charge < -0.3 is 9.84 Å². The van der Waals surface area contributed by atoms with Crippen molar-refractivity contribution in [1.29, 1.82) is 0 Å². The van der Waals surface area contributed by atoms with E-state index in [9.17, 15) is 9.90 Å². The summed E-state index contributed by atoms with van der Waals surface area (Å²) >= 11 is 0. The van der Waals surface area contributed by atoms with E-state index in [4.69, 9.17) is 9.72 Å². The van der Waals surface area contributed by atoms with Crippen molar-refractivity contribution in [2.24, 2.45) is 0 Å². The van der Waals surface area contributed by atoms with Gasteiger partial charge in [-0.15, -0.1) is 0 Å². The van der Waals surface area contributed by atoms with Crippen molar-refractivity contribution >= 4 is 17.0 Å². The SMILES string of the molecule is CC(C)OC(=O)c1ccc(-c2nc3ccccc3n2-c2ccc(O)cc2)cc1. The summed E-state index contributed by atoms with van der Waals surface area (Å²) in [5.74, 6) is 0.631. The number of carbonyl (C=O) groups excluding carboxylic acids is 1. The van der Waals surface area contributed by atoms with Gasteiger partial charge in [-0.1, -0.05) is 24.3 Å². The van der Waals surface area contributed by atoms with Crippen LogP contribution in [0.15, 0.2) is 72.8 Å². The van der Waals surface area contributed by atoms with Gasteiger partial charge in [-0.3, -0.25) is 4.57 Å². The fraction of sp³-hybridized carbons (Fsp3) is 0.130. The highest BCUT2D eigenvalue weighted by Gasteiger charge is 2.15. The number of ether oxygens (including phenoxy) is 1. The molecule has 3 aromatic carbocycles. The number of fused-ring (bicyclic) bond motifs is 1. The summed E-state index contributed by atoms with van der Waals surface area (Å²) in [6, 6.07) is 22.1. The lowest BCUT2D eigenvalue weighted by Gasteiger charge is -2.11. The first-order valence-electron chi connectivity index (χ1n) is 9.11. The number of rotatable bonds is 4. The zero-order valence-corrected chi connectivity index (χ0v) is 15.7. The molecule has 0 aliphatic heterocycles. The summed E-state index contributed by atoms with van der Waals surface area (Å²) in [6.45, 7) is 3.65. The second kappa shape index (κ2) is 7.19. The van der Waals surface area contributed by atoms with Crippen LogP contribution in [-0.2, 0) is 4.74 Å². The zero-order valence-electron chi connectivity index (χ0n) is 15.7. The van der Waals surface area contributed by atoms with E-state index in [1.54, 1.807) is 24.3 Å². The molecule has 1 N–H and O–H groups in total. The standard InChI is InChI=1S/C23H20N2O3/c1-15(2)28-23(27)17-9-7-16(8-10-17)22-24-20-5-3-4-6-21(20)25(22)18-11-13-19(26)14-12-18/h3-15,26H,1-2H3. The summed E-state index contributed by atoms with van der Waals surface area (Å²) in [6.07, 6.45) is -0.161. The average Bonchev–Trinajstić information content (AvgIpc) is 3.08. The molecule has 0 radical (unpaired) electrons. The van der Waals surface area contributed by atoms with Crippen molar-refractivity contribution in [3.63, 3.8) is 0 Å². The average molecular weight is 372 g/mol. The number of nitrogens with zero attached hydrogens (tertiary/aromatic N) is 2. The van der Waals surface area contributed by atoms with E-state index < -0.39 is 0 Å². The van der Waals surface area contributed by atoms with E-state index in [1.165, 1.54) is 0 Å². The van der Waals surface area contributed by atoms with Crippen LogP contribution in [-0.4, -0.2) is 26.7 Å². The Morgan fingerprint density at radius 1 is 0.964 bits per heavy atom. The van der Waals surface area contributed by atoms with Crippen LogP contribution in [0.5, 0.6) is 5.75 Å². The summed E-state index contributed by atoms with van der Waals surface area (Å²) < 4.78 is 7.29. The quantitative estimate of drug-likeness (QED) is 0.514. The van der Waals surface area contributed by atoms with E-state index in [0.29, 0.717) is 5.56 Å². The number of phenolic OH excluding ortho intramolecular Hbond substituents is 1. The lowest BCUT2D eigenvalue weighted by molar-refractivity contribution is 0.0378. The number of imidazole rings is 1. The first kappa shape index (κ1) is 17.8. The molecule has 140 valence electrons. The number of hydrogen-bond donors (Lipinski definition) is 1. The Kier molecular flexibility index (Phi) is 4.57. The molecule has 0 unspecified atom stereocenters. The predicted octanol–water partition coefficient (Wildman–Crippen LogP) is 4.96. The molecule has 0 bridgehead atoms. The van der Waals surface area contributed by atoms with Crippen molar-refractivity contribution in [1.82, 2.24) is 9.55 Å². The van der Waals surface area contributed by atoms with Crippen LogP contribution in [0.2, 0.25) is 0 Å². The lowest BCUT2D eigenvalue weighted by atomic mass is 10.1. The molecule has 1 heterocycles. The van der Waals surface area contributed by atoms with Gasteiger partial charge in [-0.25, -0.2) is 9.78 Å². The first-order valence-corrected chi connectivity index (χ1v) is 9.11. The van der Waals surface area contributed by atoms with E-state index in [1.807, 2.05) is 66.9 Å². The molecule has 4 rings (SSSR count). The fourth-order valence-electron chi connectivity index (χ4n) is 3.12. The van der Waals surface area contributed by atoms with Crippen LogP contribution >= 0.6 is 0 Å². The van der Waals surface area contributed by atoms with Crippen LogP contribution in [0, 0.1) is 0 Å². The summed E-state index contributed by atoms with van der Waals surface area (Å²) in [4.78, 5) is 16.9. The van der Waals surface area contributed by atoms with Gasteiger partial charge in [0.25, 0.3) is 0 Å². The van der Waals surface area contributed by atoms with Gasteiger partial charge >= 0.3 is 5.97 Å². The van der Waals surface area contributed by atoms with Gasteiger partial charge in [0.15, 0.2) is 0 Å². The van der Waals surface area contributed by atoms with Crippen molar-refractivity contribution in [2.45, 2.75) is 20.0 Å². The molecule has 1 aromatic heterocycles. The normalized spacial score (nSPS) is 11.1. The molecule has 0 spiro atoms.